The van der Waals surface area contributed by atoms with E-state index in [1.54, 1.807) is 11.6 Å². The summed E-state index contributed by atoms with van der Waals surface area (Å²) in [6, 6.07) is 0. The molecule has 0 aliphatic rings. The van der Waals surface area contributed by atoms with Gasteiger partial charge in [-0.15, -0.1) is 5.10 Å². The van der Waals surface area contributed by atoms with Crippen LogP contribution in [-0.4, -0.2) is 25.0 Å². The lowest BCUT2D eigenvalue weighted by molar-refractivity contribution is 0.630. The minimum absolute atomic E-state index is 0.290. The van der Waals surface area contributed by atoms with Gasteiger partial charge in [0.2, 0.25) is 0 Å². The molecule has 0 fully saturated rings. The summed E-state index contributed by atoms with van der Waals surface area (Å²) in [5.41, 5.74) is 1.02. The van der Waals surface area contributed by atoms with Gasteiger partial charge in [0.1, 0.15) is 0 Å². The molecule has 0 amide bonds. The molecule has 0 saturated carbocycles. The SMILES string of the molecule is Cc1c(Cn2cc(C(C)C)nn2)[nH]c(=O)[nH]c1=O. The monoisotopic (exact) mass is 249 g/mol. The molecule has 0 aliphatic carbocycles. The maximum Gasteiger partial charge on any atom is 0.325 e. The van der Waals surface area contributed by atoms with Crippen molar-refractivity contribution < 1.29 is 0 Å². The van der Waals surface area contributed by atoms with E-state index < -0.39 is 5.69 Å². The van der Waals surface area contributed by atoms with Crippen molar-refractivity contribution in [2.45, 2.75) is 33.2 Å². The van der Waals surface area contributed by atoms with Gasteiger partial charge in [-0.05, 0) is 12.8 Å². The van der Waals surface area contributed by atoms with Crippen molar-refractivity contribution in [3.63, 3.8) is 0 Å². The van der Waals surface area contributed by atoms with E-state index in [4.69, 9.17) is 0 Å². The average Bonchev–Trinajstić information content (AvgIpc) is 2.74. The number of aromatic amines is 2. The van der Waals surface area contributed by atoms with Gasteiger partial charge in [-0.3, -0.25) is 9.78 Å². The first kappa shape index (κ1) is 12.3. The van der Waals surface area contributed by atoms with Crippen LogP contribution in [0.3, 0.4) is 0 Å². The summed E-state index contributed by atoms with van der Waals surface area (Å²) in [4.78, 5) is 27.4. The molecule has 0 spiro atoms. The third-order valence-corrected chi connectivity index (χ3v) is 2.75. The number of rotatable bonds is 3. The van der Waals surface area contributed by atoms with E-state index in [-0.39, 0.29) is 11.5 Å². The van der Waals surface area contributed by atoms with Gasteiger partial charge < -0.3 is 4.98 Å². The molecule has 0 unspecified atom stereocenters. The zero-order valence-electron chi connectivity index (χ0n) is 10.5. The number of H-pyrrole nitrogens is 2. The summed E-state index contributed by atoms with van der Waals surface area (Å²) in [5, 5.41) is 7.99. The third-order valence-electron chi connectivity index (χ3n) is 2.75. The van der Waals surface area contributed by atoms with Crippen LogP contribution in [0.2, 0.25) is 0 Å². The van der Waals surface area contributed by atoms with Gasteiger partial charge in [-0.1, -0.05) is 19.1 Å². The molecule has 0 radical (unpaired) electrons. The molecule has 2 N–H and O–H groups in total. The third kappa shape index (κ3) is 2.39. The van der Waals surface area contributed by atoms with Crippen molar-refractivity contribution in [1.29, 1.82) is 0 Å². The second kappa shape index (κ2) is 4.59. The quantitative estimate of drug-likeness (QED) is 0.808. The van der Waals surface area contributed by atoms with Crippen molar-refractivity contribution in [3.8, 4) is 0 Å². The molecule has 0 aliphatic heterocycles. The topological polar surface area (TPSA) is 96.4 Å². The van der Waals surface area contributed by atoms with E-state index in [1.165, 1.54) is 0 Å². The minimum atomic E-state index is -0.509. The first-order chi connectivity index (χ1) is 8.47. The zero-order valence-corrected chi connectivity index (χ0v) is 10.5. The summed E-state index contributed by atoms with van der Waals surface area (Å²) in [5.74, 6) is 0.290. The molecule has 2 rings (SSSR count). The largest absolute Gasteiger partial charge is 0.325 e. The number of hydrogen-bond acceptors (Lipinski definition) is 4. The maximum absolute atomic E-state index is 11.4. The number of hydrogen-bond donors (Lipinski definition) is 2. The lowest BCUT2D eigenvalue weighted by Crippen LogP contribution is -2.27. The summed E-state index contributed by atoms with van der Waals surface area (Å²) in [6.45, 7) is 6.03. The summed E-state index contributed by atoms with van der Waals surface area (Å²) < 4.78 is 1.60. The normalized spacial score (nSPS) is 11.1. The van der Waals surface area contributed by atoms with Gasteiger partial charge in [0.15, 0.2) is 0 Å². The van der Waals surface area contributed by atoms with Crippen molar-refractivity contribution in [1.82, 2.24) is 25.0 Å². The Bertz CT molecular complexity index is 665. The molecular weight excluding hydrogens is 234 g/mol. The van der Waals surface area contributed by atoms with Crippen LogP contribution in [0.1, 0.15) is 36.7 Å². The first-order valence-corrected chi connectivity index (χ1v) is 5.69. The Morgan fingerprint density at radius 3 is 2.67 bits per heavy atom. The molecule has 0 bridgehead atoms. The fraction of sp³-hybridized carbons (Fsp3) is 0.455. The number of nitrogens with one attached hydrogen (secondary N) is 2. The highest BCUT2D eigenvalue weighted by molar-refractivity contribution is 5.14. The highest BCUT2D eigenvalue weighted by Crippen LogP contribution is 2.09. The molecule has 0 aromatic carbocycles. The highest BCUT2D eigenvalue weighted by atomic mass is 16.2. The van der Waals surface area contributed by atoms with Crippen molar-refractivity contribution >= 4 is 0 Å². The molecule has 7 heteroatoms. The smallest absolute Gasteiger partial charge is 0.309 e. The van der Waals surface area contributed by atoms with Crippen LogP contribution in [0.15, 0.2) is 15.8 Å². The Hall–Kier alpha value is -2.18. The predicted molar refractivity (Wildman–Crippen MR) is 65.6 cm³/mol. The summed E-state index contributed by atoms with van der Waals surface area (Å²) >= 11 is 0. The van der Waals surface area contributed by atoms with Gasteiger partial charge in [0.05, 0.1) is 12.2 Å². The molecule has 2 aromatic heterocycles. The summed E-state index contributed by atoms with van der Waals surface area (Å²) in [7, 11) is 0. The molecule has 2 aromatic rings. The lowest BCUT2D eigenvalue weighted by atomic mass is 10.2. The van der Waals surface area contributed by atoms with Crippen molar-refractivity contribution in [2.24, 2.45) is 0 Å². The van der Waals surface area contributed by atoms with Crippen LogP contribution in [0.4, 0.5) is 0 Å². The second-order valence-corrected chi connectivity index (χ2v) is 4.51. The van der Waals surface area contributed by atoms with E-state index in [2.05, 4.69) is 20.3 Å². The number of nitrogens with zero attached hydrogens (tertiary/aromatic N) is 3. The molecule has 0 atom stereocenters. The lowest BCUT2D eigenvalue weighted by Gasteiger charge is -2.03. The van der Waals surface area contributed by atoms with Crippen molar-refractivity contribution in [3.05, 3.63) is 44.0 Å². The van der Waals surface area contributed by atoms with Crippen LogP contribution in [-0.2, 0) is 6.54 Å². The average molecular weight is 249 g/mol. The van der Waals surface area contributed by atoms with Crippen LogP contribution in [0, 0.1) is 6.92 Å². The van der Waals surface area contributed by atoms with E-state index >= 15 is 0 Å². The molecule has 96 valence electrons. The van der Waals surface area contributed by atoms with Gasteiger partial charge in [0, 0.05) is 17.5 Å². The van der Waals surface area contributed by atoms with E-state index in [1.807, 2.05) is 20.0 Å². The highest BCUT2D eigenvalue weighted by Gasteiger charge is 2.08. The molecule has 0 saturated heterocycles. The van der Waals surface area contributed by atoms with Gasteiger partial charge in [-0.25, -0.2) is 9.48 Å². The van der Waals surface area contributed by atoms with Crippen LogP contribution in [0.25, 0.3) is 0 Å². The van der Waals surface area contributed by atoms with E-state index in [0.29, 0.717) is 17.8 Å². The predicted octanol–water partition coefficient (Wildman–Crippen LogP) is 0.135. The van der Waals surface area contributed by atoms with Gasteiger partial charge >= 0.3 is 5.69 Å². The van der Waals surface area contributed by atoms with E-state index in [0.717, 1.165) is 5.69 Å². The molecule has 18 heavy (non-hydrogen) atoms. The van der Waals surface area contributed by atoms with E-state index in [9.17, 15) is 9.59 Å². The van der Waals surface area contributed by atoms with Gasteiger partial charge in [-0.2, -0.15) is 0 Å². The van der Waals surface area contributed by atoms with Crippen LogP contribution >= 0.6 is 0 Å². The molecule has 2 heterocycles. The Morgan fingerprint density at radius 2 is 2.06 bits per heavy atom. The fourth-order valence-electron chi connectivity index (χ4n) is 1.57. The number of aromatic nitrogens is 5. The Labute approximate surface area is 103 Å². The Morgan fingerprint density at radius 1 is 1.33 bits per heavy atom. The second-order valence-electron chi connectivity index (χ2n) is 4.51. The van der Waals surface area contributed by atoms with Gasteiger partial charge in [0.25, 0.3) is 5.56 Å². The minimum Gasteiger partial charge on any atom is -0.309 e. The molecular formula is C11H15N5O2. The first-order valence-electron chi connectivity index (χ1n) is 5.69. The van der Waals surface area contributed by atoms with Crippen LogP contribution in [0.5, 0.6) is 0 Å². The molecule has 7 nitrogen and oxygen atoms in total. The zero-order chi connectivity index (χ0) is 13.3. The van der Waals surface area contributed by atoms with Crippen molar-refractivity contribution in [2.75, 3.05) is 0 Å². The standard InChI is InChI=1S/C11H15N5O2/c1-6(2)8-4-16(15-14-8)5-9-7(3)10(17)13-11(18)12-9/h4,6H,5H2,1-3H3,(H2,12,13,17,18). The van der Waals surface area contributed by atoms with Crippen LogP contribution < -0.4 is 11.2 Å². The Kier molecular flexibility index (Phi) is 3.14. The Balaban J connectivity index is 2.34. The summed E-state index contributed by atoms with van der Waals surface area (Å²) in [6.07, 6.45) is 1.81. The fourth-order valence-corrected chi connectivity index (χ4v) is 1.57. The maximum atomic E-state index is 11.4.